The lowest BCUT2D eigenvalue weighted by atomic mass is 10.1. The third-order valence-electron chi connectivity index (χ3n) is 4.83. The van der Waals surface area contributed by atoms with Gasteiger partial charge in [0.1, 0.15) is 9.84 Å². The second-order valence-corrected chi connectivity index (χ2v) is 8.79. The number of sulfone groups is 1. The van der Waals surface area contributed by atoms with Crippen LogP contribution in [0.25, 0.3) is 0 Å². The SMILES string of the molecule is CS(=O)(=O)C1CCN(C(=O)CCN2C(=O)c3ccccc3C2=O)CC1. The normalized spacial score (nSPS) is 18.6. The van der Waals surface area contributed by atoms with Crippen molar-refractivity contribution in [3.63, 3.8) is 0 Å². The molecule has 1 fully saturated rings. The number of amides is 3. The molecule has 7 nitrogen and oxygen atoms in total. The molecule has 8 heteroatoms. The Bertz CT molecular complexity index is 790. The summed E-state index contributed by atoms with van der Waals surface area (Å²) in [6, 6.07) is 6.61. The summed E-state index contributed by atoms with van der Waals surface area (Å²) in [6.45, 7) is 0.814. The first-order chi connectivity index (χ1) is 11.8. The summed E-state index contributed by atoms with van der Waals surface area (Å²) in [7, 11) is -3.08. The lowest BCUT2D eigenvalue weighted by Crippen LogP contribution is -2.43. The first-order valence-electron chi connectivity index (χ1n) is 8.21. The number of imide groups is 1. The summed E-state index contributed by atoms with van der Waals surface area (Å²) in [5.74, 6) is -0.906. The number of likely N-dealkylation sites (tertiary alicyclic amines) is 1. The van der Waals surface area contributed by atoms with E-state index < -0.39 is 15.1 Å². The van der Waals surface area contributed by atoms with Gasteiger partial charge in [0.15, 0.2) is 0 Å². The highest BCUT2D eigenvalue weighted by Crippen LogP contribution is 2.23. The van der Waals surface area contributed by atoms with E-state index in [0.717, 1.165) is 4.90 Å². The van der Waals surface area contributed by atoms with Gasteiger partial charge in [-0.2, -0.15) is 0 Å². The minimum Gasteiger partial charge on any atom is -0.343 e. The maximum atomic E-state index is 12.3. The molecule has 0 saturated carbocycles. The van der Waals surface area contributed by atoms with Crippen molar-refractivity contribution in [2.75, 3.05) is 25.9 Å². The van der Waals surface area contributed by atoms with Crippen molar-refractivity contribution in [2.24, 2.45) is 0 Å². The number of rotatable bonds is 4. The number of fused-ring (bicyclic) bond motifs is 1. The van der Waals surface area contributed by atoms with E-state index in [9.17, 15) is 22.8 Å². The standard InChI is InChI=1S/C17H20N2O5S/c1-25(23,24)12-6-9-18(10-7-12)15(20)8-11-19-16(21)13-4-2-3-5-14(13)17(19)22/h2-5,12H,6-11H2,1H3. The first-order valence-corrected chi connectivity index (χ1v) is 10.2. The van der Waals surface area contributed by atoms with E-state index >= 15 is 0 Å². The molecular weight excluding hydrogens is 344 g/mol. The van der Waals surface area contributed by atoms with Crippen LogP contribution < -0.4 is 0 Å². The molecule has 2 aliphatic rings. The van der Waals surface area contributed by atoms with Gasteiger partial charge in [0, 0.05) is 32.3 Å². The molecule has 1 aromatic carbocycles. The van der Waals surface area contributed by atoms with Crippen molar-refractivity contribution in [3.8, 4) is 0 Å². The molecule has 0 bridgehead atoms. The van der Waals surface area contributed by atoms with Crippen LogP contribution in [-0.4, -0.2) is 67.1 Å². The van der Waals surface area contributed by atoms with E-state index in [1.165, 1.54) is 6.26 Å². The number of nitrogens with zero attached hydrogens (tertiary/aromatic N) is 2. The average Bonchev–Trinajstić information content (AvgIpc) is 2.83. The second-order valence-electron chi connectivity index (χ2n) is 6.47. The molecule has 1 saturated heterocycles. The highest BCUT2D eigenvalue weighted by Gasteiger charge is 2.35. The van der Waals surface area contributed by atoms with Crippen molar-refractivity contribution in [3.05, 3.63) is 35.4 Å². The molecule has 1 aromatic rings. The highest BCUT2D eigenvalue weighted by atomic mass is 32.2. The summed E-state index contributed by atoms with van der Waals surface area (Å²) < 4.78 is 23.1. The Balaban J connectivity index is 1.56. The predicted octanol–water partition coefficient (Wildman–Crippen LogP) is 0.708. The molecule has 0 N–H and O–H groups in total. The largest absolute Gasteiger partial charge is 0.343 e. The molecule has 25 heavy (non-hydrogen) atoms. The van der Waals surface area contributed by atoms with Crippen LogP contribution in [0, 0.1) is 0 Å². The van der Waals surface area contributed by atoms with E-state index in [2.05, 4.69) is 0 Å². The van der Waals surface area contributed by atoms with E-state index in [-0.39, 0.29) is 30.7 Å². The molecule has 0 unspecified atom stereocenters. The zero-order chi connectivity index (χ0) is 18.2. The van der Waals surface area contributed by atoms with Crippen LogP contribution in [0.15, 0.2) is 24.3 Å². The summed E-state index contributed by atoms with van der Waals surface area (Å²) in [6.07, 6.45) is 2.13. The third kappa shape index (κ3) is 3.44. The molecule has 0 spiro atoms. The number of carbonyl (C=O) groups is 3. The van der Waals surface area contributed by atoms with Crippen LogP contribution in [0.5, 0.6) is 0 Å². The van der Waals surface area contributed by atoms with Crippen LogP contribution in [0.4, 0.5) is 0 Å². The van der Waals surface area contributed by atoms with E-state index in [1.54, 1.807) is 29.2 Å². The van der Waals surface area contributed by atoms with Crippen LogP contribution in [0.3, 0.4) is 0 Å². The maximum Gasteiger partial charge on any atom is 0.261 e. The number of carbonyl (C=O) groups excluding carboxylic acids is 3. The molecule has 0 aliphatic carbocycles. The van der Waals surface area contributed by atoms with Gasteiger partial charge in [0.05, 0.1) is 16.4 Å². The Labute approximate surface area is 146 Å². The Morgan fingerprint density at radius 3 is 2.08 bits per heavy atom. The van der Waals surface area contributed by atoms with E-state index in [4.69, 9.17) is 0 Å². The van der Waals surface area contributed by atoms with E-state index in [1.807, 2.05) is 0 Å². The Morgan fingerprint density at radius 1 is 1.08 bits per heavy atom. The van der Waals surface area contributed by atoms with Crippen LogP contribution in [0.2, 0.25) is 0 Å². The molecule has 3 rings (SSSR count). The van der Waals surface area contributed by atoms with Gasteiger partial charge in [-0.3, -0.25) is 19.3 Å². The fraction of sp³-hybridized carbons (Fsp3) is 0.471. The van der Waals surface area contributed by atoms with Crippen molar-refractivity contribution in [1.82, 2.24) is 9.80 Å². The van der Waals surface area contributed by atoms with Crippen LogP contribution in [0.1, 0.15) is 40.0 Å². The van der Waals surface area contributed by atoms with Gasteiger partial charge in [0.2, 0.25) is 5.91 Å². The average molecular weight is 364 g/mol. The topological polar surface area (TPSA) is 91.8 Å². The number of benzene rings is 1. The van der Waals surface area contributed by atoms with Crippen molar-refractivity contribution < 1.29 is 22.8 Å². The molecule has 0 radical (unpaired) electrons. The molecule has 134 valence electrons. The Hall–Kier alpha value is -2.22. The summed E-state index contributed by atoms with van der Waals surface area (Å²) in [5.41, 5.74) is 0.739. The Morgan fingerprint density at radius 2 is 1.60 bits per heavy atom. The van der Waals surface area contributed by atoms with Gasteiger partial charge in [-0.25, -0.2) is 8.42 Å². The molecule has 0 aromatic heterocycles. The van der Waals surface area contributed by atoms with Gasteiger partial charge in [-0.1, -0.05) is 12.1 Å². The summed E-state index contributed by atoms with van der Waals surface area (Å²) >= 11 is 0. The molecule has 0 atom stereocenters. The molecular formula is C17H20N2O5S. The van der Waals surface area contributed by atoms with Gasteiger partial charge in [-0.05, 0) is 25.0 Å². The van der Waals surface area contributed by atoms with Crippen molar-refractivity contribution >= 4 is 27.6 Å². The smallest absolute Gasteiger partial charge is 0.261 e. The lowest BCUT2D eigenvalue weighted by Gasteiger charge is -2.31. The molecule has 3 amide bonds. The Kier molecular flexibility index (Phi) is 4.64. The van der Waals surface area contributed by atoms with Gasteiger partial charge < -0.3 is 4.90 Å². The van der Waals surface area contributed by atoms with Gasteiger partial charge in [0.25, 0.3) is 11.8 Å². The highest BCUT2D eigenvalue weighted by molar-refractivity contribution is 7.91. The molecule has 2 aliphatic heterocycles. The third-order valence-corrected chi connectivity index (χ3v) is 6.51. The zero-order valence-electron chi connectivity index (χ0n) is 14.0. The summed E-state index contributed by atoms with van der Waals surface area (Å²) in [5, 5.41) is -0.396. The molecule has 2 heterocycles. The number of piperidine rings is 1. The quantitative estimate of drug-likeness (QED) is 0.734. The first kappa shape index (κ1) is 17.6. The minimum absolute atomic E-state index is 0.0389. The lowest BCUT2D eigenvalue weighted by molar-refractivity contribution is -0.132. The van der Waals surface area contributed by atoms with Gasteiger partial charge in [-0.15, -0.1) is 0 Å². The van der Waals surface area contributed by atoms with Crippen molar-refractivity contribution in [2.45, 2.75) is 24.5 Å². The number of hydrogen-bond acceptors (Lipinski definition) is 5. The zero-order valence-corrected chi connectivity index (χ0v) is 14.8. The fourth-order valence-electron chi connectivity index (χ4n) is 3.34. The van der Waals surface area contributed by atoms with Crippen LogP contribution >= 0.6 is 0 Å². The maximum absolute atomic E-state index is 12.3. The van der Waals surface area contributed by atoms with Gasteiger partial charge >= 0.3 is 0 Å². The van der Waals surface area contributed by atoms with E-state index in [0.29, 0.717) is 37.1 Å². The predicted molar refractivity (Wildman–Crippen MR) is 90.9 cm³/mol. The minimum atomic E-state index is -3.08. The van der Waals surface area contributed by atoms with Crippen LogP contribution in [-0.2, 0) is 14.6 Å². The second kappa shape index (κ2) is 6.59. The van der Waals surface area contributed by atoms with Crippen molar-refractivity contribution in [1.29, 1.82) is 0 Å². The fourth-order valence-corrected chi connectivity index (χ4v) is 4.41. The monoisotopic (exact) mass is 364 g/mol. The summed E-state index contributed by atoms with van der Waals surface area (Å²) in [4.78, 5) is 39.6. The number of hydrogen-bond donors (Lipinski definition) is 0.